The molecule has 0 bridgehead atoms. The van der Waals surface area contributed by atoms with E-state index in [9.17, 15) is 4.79 Å². The molecule has 1 N–H and O–H groups in total. The van der Waals surface area contributed by atoms with E-state index in [0.717, 1.165) is 5.69 Å². The summed E-state index contributed by atoms with van der Waals surface area (Å²) < 4.78 is 2.77. The smallest absolute Gasteiger partial charge is 0.211 e. The molecule has 4 aromatic rings. The van der Waals surface area contributed by atoms with Crippen molar-refractivity contribution >= 4 is 43.6 Å². The molecule has 0 unspecified atom stereocenters. The Labute approximate surface area is 139 Å². The fourth-order valence-corrected chi connectivity index (χ4v) is 3.53. The van der Waals surface area contributed by atoms with Gasteiger partial charge in [0, 0.05) is 25.9 Å². The van der Waals surface area contributed by atoms with Crippen LogP contribution in [0.3, 0.4) is 0 Å². The number of thiophene rings is 1. The topological polar surface area (TPSA) is 29.1 Å². The van der Waals surface area contributed by atoms with Crippen LogP contribution >= 0.6 is 11.3 Å². The zero-order valence-corrected chi connectivity index (χ0v) is 13.6. The normalized spacial score (nSPS) is 10.1. The minimum Gasteiger partial charge on any atom is -0.329 e. The maximum atomic E-state index is 9.86. The van der Waals surface area contributed by atoms with Crippen molar-refractivity contribution in [2.45, 2.75) is 6.92 Å². The molecule has 0 aliphatic heterocycles. The Bertz CT molecular complexity index is 928. The van der Waals surface area contributed by atoms with Gasteiger partial charge in [0.25, 0.3) is 0 Å². The maximum Gasteiger partial charge on any atom is 0.211 e. The van der Waals surface area contributed by atoms with Crippen LogP contribution in [0.25, 0.3) is 20.2 Å². The van der Waals surface area contributed by atoms with Crippen LogP contribution in [0.15, 0.2) is 72.8 Å². The Hall–Kier alpha value is -2.65. The number of fused-ring (bicyclic) bond motifs is 3. The Kier molecular flexibility index (Phi) is 4.69. The molecular weight excluding hydrogens is 302 g/mol. The van der Waals surface area contributed by atoms with Gasteiger partial charge in [-0.2, -0.15) is 0 Å². The van der Waals surface area contributed by atoms with Crippen LogP contribution in [-0.4, -0.2) is 6.41 Å². The predicted molar refractivity (Wildman–Crippen MR) is 100 cm³/mol. The van der Waals surface area contributed by atoms with Crippen LogP contribution in [0.4, 0.5) is 5.69 Å². The Morgan fingerprint density at radius 1 is 0.826 bits per heavy atom. The van der Waals surface area contributed by atoms with Crippen molar-refractivity contribution in [1.29, 1.82) is 0 Å². The van der Waals surface area contributed by atoms with Gasteiger partial charge in [-0.05, 0) is 37.3 Å². The van der Waals surface area contributed by atoms with Gasteiger partial charge in [-0.3, -0.25) is 4.79 Å². The van der Waals surface area contributed by atoms with E-state index in [1.807, 2.05) is 41.7 Å². The predicted octanol–water partition coefficient (Wildman–Crippen LogP) is 5.62. The molecule has 2 nitrogen and oxygen atoms in total. The second-order valence-electron chi connectivity index (χ2n) is 5.23. The summed E-state index contributed by atoms with van der Waals surface area (Å²) in [5, 5.41) is 5.31. The van der Waals surface area contributed by atoms with E-state index in [2.05, 4.69) is 54.7 Å². The molecule has 0 radical (unpaired) electrons. The van der Waals surface area contributed by atoms with Crippen molar-refractivity contribution in [3.63, 3.8) is 0 Å². The van der Waals surface area contributed by atoms with Crippen LogP contribution in [-0.2, 0) is 4.79 Å². The molecule has 1 aromatic heterocycles. The van der Waals surface area contributed by atoms with E-state index < -0.39 is 0 Å². The molecular formula is C20H17NOS. The first kappa shape index (κ1) is 15.3. The van der Waals surface area contributed by atoms with Crippen LogP contribution in [0.5, 0.6) is 0 Å². The average Bonchev–Trinajstić information content (AvgIpc) is 2.95. The van der Waals surface area contributed by atoms with Gasteiger partial charge in [0.2, 0.25) is 6.41 Å². The van der Waals surface area contributed by atoms with Crippen molar-refractivity contribution < 1.29 is 4.79 Å². The number of anilines is 1. The van der Waals surface area contributed by atoms with Gasteiger partial charge >= 0.3 is 0 Å². The molecule has 1 amide bonds. The lowest BCUT2D eigenvalue weighted by atomic mass is 10.1. The lowest BCUT2D eigenvalue weighted by Gasteiger charge is -1.93. The van der Waals surface area contributed by atoms with Gasteiger partial charge < -0.3 is 5.32 Å². The minimum atomic E-state index is 0.662. The summed E-state index contributed by atoms with van der Waals surface area (Å²) in [6.07, 6.45) is 0.662. The molecule has 3 heteroatoms. The van der Waals surface area contributed by atoms with E-state index in [4.69, 9.17) is 0 Å². The van der Waals surface area contributed by atoms with Crippen molar-refractivity contribution in [1.82, 2.24) is 0 Å². The molecule has 0 spiro atoms. The SMILES string of the molecule is Cc1ccc2sc3ccccc3c2c1.O=CNc1ccccc1. The monoisotopic (exact) mass is 319 g/mol. The summed E-state index contributed by atoms with van der Waals surface area (Å²) in [6, 6.07) is 24.6. The molecule has 0 atom stereocenters. The molecule has 0 aliphatic rings. The van der Waals surface area contributed by atoms with E-state index in [1.54, 1.807) is 0 Å². The minimum absolute atomic E-state index is 0.662. The molecule has 0 saturated heterocycles. The van der Waals surface area contributed by atoms with Gasteiger partial charge in [-0.25, -0.2) is 0 Å². The largest absolute Gasteiger partial charge is 0.329 e. The third-order valence-corrected chi connectivity index (χ3v) is 4.68. The summed E-state index contributed by atoms with van der Waals surface area (Å²) >= 11 is 1.87. The summed E-state index contributed by atoms with van der Waals surface area (Å²) in [4.78, 5) is 9.86. The van der Waals surface area contributed by atoms with Crippen LogP contribution < -0.4 is 5.32 Å². The Morgan fingerprint density at radius 3 is 2.30 bits per heavy atom. The lowest BCUT2D eigenvalue weighted by molar-refractivity contribution is -0.105. The molecule has 4 rings (SSSR count). The zero-order valence-electron chi connectivity index (χ0n) is 12.8. The quantitative estimate of drug-likeness (QED) is 0.477. The number of amides is 1. The molecule has 114 valence electrons. The highest BCUT2D eigenvalue weighted by atomic mass is 32.1. The van der Waals surface area contributed by atoms with E-state index in [0.29, 0.717) is 6.41 Å². The number of para-hydroxylation sites is 1. The number of hydrogen-bond acceptors (Lipinski definition) is 2. The van der Waals surface area contributed by atoms with Crippen molar-refractivity contribution in [2.75, 3.05) is 5.32 Å². The first-order valence-corrected chi connectivity index (χ1v) is 8.23. The fraction of sp³-hybridized carbons (Fsp3) is 0.0500. The van der Waals surface area contributed by atoms with Gasteiger partial charge in [0.15, 0.2) is 0 Å². The van der Waals surface area contributed by atoms with E-state index >= 15 is 0 Å². The standard InChI is InChI=1S/C13H10S.C7H7NO/c1-9-6-7-13-11(8-9)10-4-2-3-5-12(10)14-13;9-6-8-7-4-2-1-3-5-7/h2-8H,1H3;1-6H,(H,8,9). The summed E-state index contributed by atoms with van der Waals surface area (Å²) in [7, 11) is 0. The zero-order chi connectivity index (χ0) is 16.1. The second kappa shape index (κ2) is 7.07. The number of hydrogen-bond donors (Lipinski definition) is 1. The molecule has 23 heavy (non-hydrogen) atoms. The molecule has 0 saturated carbocycles. The van der Waals surface area contributed by atoms with E-state index in [-0.39, 0.29) is 0 Å². The van der Waals surface area contributed by atoms with Crippen molar-refractivity contribution in [3.05, 3.63) is 78.4 Å². The summed E-state index contributed by atoms with van der Waals surface area (Å²) in [5.41, 5.74) is 2.16. The number of benzene rings is 3. The van der Waals surface area contributed by atoms with Gasteiger partial charge in [0.05, 0.1) is 0 Å². The molecule has 1 heterocycles. The van der Waals surface area contributed by atoms with Gasteiger partial charge in [0.1, 0.15) is 0 Å². The Balaban J connectivity index is 0.000000151. The average molecular weight is 319 g/mol. The van der Waals surface area contributed by atoms with Gasteiger partial charge in [-0.15, -0.1) is 11.3 Å². The van der Waals surface area contributed by atoms with Gasteiger partial charge in [-0.1, -0.05) is 48.0 Å². The number of aryl methyl sites for hydroxylation is 1. The van der Waals surface area contributed by atoms with Crippen molar-refractivity contribution in [2.24, 2.45) is 0 Å². The third-order valence-electron chi connectivity index (χ3n) is 3.53. The number of carbonyl (C=O) groups is 1. The van der Waals surface area contributed by atoms with Crippen LogP contribution in [0.2, 0.25) is 0 Å². The number of nitrogens with one attached hydrogen (secondary N) is 1. The van der Waals surface area contributed by atoms with Crippen LogP contribution in [0, 0.1) is 6.92 Å². The molecule has 0 aliphatic carbocycles. The first-order valence-electron chi connectivity index (χ1n) is 7.41. The highest BCUT2D eigenvalue weighted by Crippen LogP contribution is 2.33. The highest BCUT2D eigenvalue weighted by molar-refractivity contribution is 7.25. The van der Waals surface area contributed by atoms with E-state index in [1.165, 1.54) is 25.7 Å². The summed E-state index contributed by atoms with van der Waals surface area (Å²) in [5.74, 6) is 0. The number of carbonyl (C=O) groups excluding carboxylic acids is 1. The van der Waals surface area contributed by atoms with Crippen molar-refractivity contribution in [3.8, 4) is 0 Å². The second-order valence-corrected chi connectivity index (χ2v) is 6.31. The highest BCUT2D eigenvalue weighted by Gasteiger charge is 2.02. The Morgan fingerprint density at radius 2 is 1.52 bits per heavy atom. The summed E-state index contributed by atoms with van der Waals surface area (Å²) in [6.45, 7) is 2.14. The fourth-order valence-electron chi connectivity index (χ4n) is 2.44. The lowest BCUT2D eigenvalue weighted by Crippen LogP contribution is -1.91. The number of rotatable bonds is 2. The van der Waals surface area contributed by atoms with Crippen LogP contribution in [0.1, 0.15) is 5.56 Å². The molecule has 0 fully saturated rings. The first-order chi connectivity index (χ1) is 11.3. The maximum absolute atomic E-state index is 9.86. The molecule has 3 aromatic carbocycles. The third kappa shape index (κ3) is 3.58.